The van der Waals surface area contributed by atoms with Gasteiger partial charge in [0.2, 0.25) is 0 Å². The Kier molecular flexibility index (Phi) is 3.74. The predicted molar refractivity (Wildman–Crippen MR) is 64.4 cm³/mol. The van der Waals surface area contributed by atoms with Gasteiger partial charge < -0.3 is 9.47 Å². The van der Waals surface area contributed by atoms with Crippen LogP contribution in [-0.2, 0) is 9.47 Å². The maximum atomic E-state index is 5.78. The number of methoxy groups -OCH3 is 1. The molecule has 0 bridgehead atoms. The van der Waals surface area contributed by atoms with Gasteiger partial charge in [0.05, 0.1) is 12.2 Å². The highest BCUT2D eigenvalue weighted by Gasteiger charge is 2.51. The summed E-state index contributed by atoms with van der Waals surface area (Å²) in [4.78, 5) is 0. The summed E-state index contributed by atoms with van der Waals surface area (Å²) in [5.74, 6) is 0.680. The molecule has 1 aliphatic heterocycles. The van der Waals surface area contributed by atoms with Crippen molar-refractivity contribution in [3.63, 3.8) is 0 Å². The van der Waals surface area contributed by atoms with Crippen LogP contribution in [0.2, 0.25) is 0 Å². The summed E-state index contributed by atoms with van der Waals surface area (Å²) in [5, 5.41) is 1.05. The molecule has 1 heterocycles. The van der Waals surface area contributed by atoms with E-state index in [1.165, 1.54) is 25.7 Å². The molecule has 0 amide bonds. The zero-order valence-electron chi connectivity index (χ0n) is 9.67. The van der Waals surface area contributed by atoms with Crippen LogP contribution in [-0.4, -0.2) is 31.3 Å². The summed E-state index contributed by atoms with van der Waals surface area (Å²) in [6, 6.07) is 0. The van der Waals surface area contributed by atoms with Crippen molar-refractivity contribution in [2.75, 3.05) is 19.0 Å². The van der Waals surface area contributed by atoms with Crippen molar-refractivity contribution < 1.29 is 9.47 Å². The number of hydrogen-bond donors (Lipinski definition) is 0. The zero-order chi connectivity index (χ0) is 10.9. The van der Waals surface area contributed by atoms with Crippen LogP contribution in [0.15, 0.2) is 0 Å². The van der Waals surface area contributed by atoms with E-state index in [4.69, 9.17) is 9.47 Å². The van der Waals surface area contributed by atoms with Crippen molar-refractivity contribution in [1.29, 1.82) is 0 Å². The van der Waals surface area contributed by atoms with Crippen LogP contribution >= 0.6 is 15.9 Å². The van der Waals surface area contributed by atoms with Gasteiger partial charge in [-0.1, -0.05) is 22.4 Å². The van der Waals surface area contributed by atoms with Gasteiger partial charge in [0.1, 0.15) is 0 Å². The Balaban J connectivity index is 2.17. The van der Waals surface area contributed by atoms with Crippen molar-refractivity contribution >= 4 is 15.9 Å². The lowest BCUT2D eigenvalue weighted by molar-refractivity contribution is -0.0193. The lowest BCUT2D eigenvalue weighted by Crippen LogP contribution is -2.42. The van der Waals surface area contributed by atoms with E-state index in [9.17, 15) is 0 Å². The van der Waals surface area contributed by atoms with Gasteiger partial charge in [-0.25, -0.2) is 0 Å². The highest BCUT2D eigenvalue weighted by Crippen LogP contribution is 2.50. The lowest BCUT2D eigenvalue weighted by Gasteiger charge is -2.39. The van der Waals surface area contributed by atoms with Gasteiger partial charge in [0.15, 0.2) is 0 Å². The fourth-order valence-electron chi connectivity index (χ4n) is 3.42. The van der Waals surface area contributed by atoms with Crippen LogP contribution in [0.4, 0.5) is 0 Å². The van der Waals surface area contributed by atoms with Crippen molar-refractivity contribution in [2.24, 2.45) is 11.3 Å². The van der Waals surface area contributed by atoms with Gasteiger partial charge in [-0.15, -0.1) is 0 Å². The van der Waals surface area contributed by atoms with E-state index in [1.54, 1.807) is 0 Å². The molecule has 15 heavy (non-hydrogen) atoms. The average molecular weight is 277 g/mol. The van der Waals surface area contributed by atoms with E-state index in [-0.39, 0.29) is 0 Å². The molecule has 0 N–H and O–H groups in total. The molecule has 0 radical (unpaired) electrons. The first-order chi connectivity index (χ1) is 7.24. The zero-order valence-corrected chi connectivity index (χ0v) is 11.3. The first kappa shape index (κ1) is 11.9. The fourth-order valence-corrected chi connectivity index (χ4v) is 4.57. The second-order valence-corrected chi connectivity index (χ2v) is 5.50. The Morgan fingerprint density at radius 1 is 1.47 bits per heavy atom. The highest BCUT2D eigenvalue weighted by atomic mass is 79.9. The number of halogens is 1. The SMILES string of the molecule is COC1CCCC1C1(CBr)CCOC1C. The molecule has 88 valence electrons. The summed E-state index contributed by atoms with van der Waals surface area (Å²) in [5.41, 5.74) is 0.317. The summed E-state index contributed by atoms with van der Waals surface area (Å²) in [6.45, 7) is 3.14. The first-order valence-corrected chi connectivity index (χ1v) is 7.07. The molecule has 0 aromatic heterocycles. The number of ether oxygens (including phenoxy) is 2. The Morgan fingerprint density at radius 2 is 2.27 bits per heavy atom. The largest absolute Gasteiger partial charge is 0.381 e. The Hall–Kier alpha value is 0.400. The predicted octanol–water partition coefficient (Wildman–Crippen LogP) is 2.99. The second kappa shape index (κ2) is 4.72. The topological polar surface area (TPSA) is 18.5 Å². The minimum Gasteiger partial charge on any atom is -0.381 e. The van der Waals surface area contributed by atoms with Gasteiger partial charge in [0.25, 0.3) is 0 Å². The summed E-state index contributed by atoms with van der Waals surface area (Å²) in [6.07, 6.45) is 5.85. The van der Waals surface area contributed by atoms with Crippen molar-refractivity contribution in [3.05, 3.63) is 0 Å². The van der Waals surface area contributed by atoms with Crippen molar-refractivity contribution in [3.8, 4) is 0 Å². The van der Waals surface area contributed by atoms with Crippen LogP contribution in [0.25, 0.3) is 0 Å². The van der Waals surface area contributed by atoms with Crippen LogP contribution in [0, 0.1) is 11.3 Å². The Morgan fingerprint density at radius 3 is 2.80 bits per heavy atom. The second-order valence-electron chi connectivity index (χ2n) is 4.94. The fraction of sp³-hybridized carbons (Fsp3) is 1.00. The minimum atomic E-state index is 0.317. The van der Waals surface area contributed by atoms with Crippen LogP contribution in [0.3, 0.4) is 0 Å². The Bertz CT molecular complexity index is 222. The molecular weight excluding hydrogens is 256 g/mol. The van der Waals surface area contributed by atoms with E-state index < -0.39 is 0 Å². The van der Waals surface area contributed by atoms with E-state index in [1.807, 2.05) is 7.11 Å². The molecule has 0 aromatic rings. The van der Waals surface area contributed by atoms with Gasteiger partial charge >= 0.3 is 0 Å². The maximum Gasteiger partial charge on any atom is 0.0615 e. The molecule has 0 aromatic carbocycles. The van der Waals surface area contributed by atoms with Gasteiger partial charge in [-0.2, -0.15) is 0 Å². The van der Waals surface area contributed by atoms with Gasteiger partial charge in [-0.3, -0.25) is 0 Å². The van der Waals surface area contributed by atoms with Crippen LogP contribution in [0.1, 0.15) is 32.6 Å². The smallest absolute Gasteiger partial charge is 0.0615 e. The quantitative estimate of drug-likeness (QED) is 0.738. The lowest BCUT2D eigenvalue weighted by atomic mass is 9.70. The Labute approximate surface area is 101 Å². The van der Waals surface area contributed by atoms with E-state index in [2.05, 4.69) is 22.9 Å². The molecule has 4 atom stereocenters. The summed E-state index contributed by atoms with van der Waals surface area (Å²) >= 11 is 3.70. The molecule has 2 aliphatic rings. The third-order valence-corrected chi connectivity index (χ3v) is 5.53. The molecule has 2 rings (SSSR count). The van der Waals surface area contributed by atoms with Crippen molar-refractivity contribution in [2.45, 2.75) is 44.8 Å². The van der Waals surface area contributed by atoms with Gasteiger partial charge in [0, 0.05) is 24.5 Å². The molecule has 1 saturated heterocycles. The van der Waals surface area contributed by atoms with Crippen LogP contribution < -0.4 is 0 Å². The molecule has 1 saturated carbocycles. The highest BCUT2D eigenvalue weighted by molar-refractivity contribution is 9.09. The van der Waals surface area contributed by atoms with Gasteiger partial charge in [-0.05, 0) is 32.1 Å². The monoisotopic (exact) mass is 276 g/mol. The van der Waals surface area contributed by atoms with E-state index in [0.29, 0.717) is 23.5 Å². The average Bonchev–Trinajstić information content (AvgIpc) is 2.84. The number of hydrogen-bond acceptors (Lipinski definition) is 2. The summed E-state index contributed by atoms with van der Waals surface area (Å²) < 4.78 is 11.4. The molecule has 4 unspecified atom stereocenters. The third-order valence-electron chi connectivity index (χ3n) is 4.49. The van der Waals surface area contributed by atoms with E-state index in [0.717, 1.165) is 11.9 Å². The minimum absolute atomic E-state index is 0.317. The molecule has 3 heteroatoms. The van der Waals surface area contributed by atoms with Crippen molar-refractivity contribution in [1.82, 2.24) is 0 Å². The molecular formula is C12H21BrO2. The normalized spacial score (nSPS) is 46.2. The molecule has 0 spiro atoms. The molecule has 2 fully saturated rings. The number of rotatable bonds is 3. The standard InChI is InChI=1S/C12H21BrO2/c1-9-12(8-13,6-7-15-9)10-4-3-5-11(10)14-2/h9-11H,3-8H2,1-2H3. The molecule has 1 aliphatic carbocycles. The summed E-state index contributed by atoms with van der Waals surface area (Å²) in [7, 11) is 1.85. The third kappa shape index (κ3) is 1.87. The maximum absolute atomic E-state index is 5.78. The van der Waals surface area contributed by atoms with E-state index >= 15 is 0 Å². The molecule has 2 nitrogen and oxygen atoms in total. The van der Waals surface area contributed by atoms with Crippen LogP contribution in [0.5, 0.6) is 0 Å². The first-order valence-electron chi connectivity index (χ1n) is 5.95. The number of alkyl halides is 1.